The monoisotopic (exact) mass is 350 g/mol. The highest BCUT2D eigenvalue weighted by Gasteiger charge is 2.19. The van der Waals surface area contributed by atoms with Crippen LogP contribution in [0.4, 0.5) is 11.6 Å². The van der Waals surface area contributed by atoms with E-state index in [1.807, 2.05) is 12.1 Å². The summed E-state index contributed by atoms with van der Waals surface area (Å²) in [6.45, 7) is 4.45. The molecule has 122 valence electrons. The van der Waals surface area contributed by atoms with Crippen LogP contribution in [0.25, 0.3) is 0 Å². The number of rotatable bonds is 5. The van der Waals surface area contributed by atoms with Crippen LogP contribution in [0.5, 0.6) is 0 Å². The van der Waals surface area contributed by atoms with Crippen molar-refractivity contribution in [3.63, 3.8) is 0 Å². The zero-order valence-electron chi connectivity index (χ0n) is 12.9. The molecule has 3 rings (SSSR count). The molecule has 0 bridgehead atoms. The summed E-state index contributed by atoms with van der Waals surface area (Å²) in [5.41, 5.74) is 0.736. The highest BCUT2D eigenvalue weighted by atomic mass is 35.5. The predicted molar refractivity (Wildman–Crippen MR) is 96.3 cm³/mol. The molecule has 0 radical (unpaired) electrons. The van der Waals surface area contributed by atoms with E-state index >= 15 is 0 Å². The Morgan fingerprint density at radius 2 is 2.09 bits per heavy atom. The summed E-state index contributed by atoms with van der Waals surface area (Å²) in [6, 6.07) is 3.88. The molecule has 0 aliphatic carbocycles. The number of hydrogen-bond donors (Lipinski definition) is 2. The second-order valence-corrected chi connectivity index (χ2v) is 7.25. The Labute approximate surface area is 144 Å². The molecule has 1 aliphatic heterocycles. The van der Waals surface area contributed by atoms with Crippen LogP contribution in [-0.4, -0.2) is 54.3 Å². The molecule has 8 heteroatoms. The van der Waals surface area contributed by atoms with E-state index in [0.29, 0.717) is 12.4 Å². The van der Waals surface area contributed by atoms with E-state index in [-0.39, 0.29) is 0 Å². The van der Waals surface area contributed by atoms with Gasteiger partial charge in [0.1, 0.15) is 18.0 Å². The summed E-state index contributed by atoms with van der Waals surface area (Å²) in [5, 5.41) is 11.1. The molecular formula is C15H19ClN6S. The second kappa shape index (κ2) is 7.25. The molecule has 0 aromatic carbocycles. The van der Waals surface area contributed by atoms with Crippen molar-refractivity contribution < 1.29 is 0 Å². The van der Waals surface area contributed by atoms with E-state index in [1.54, 1.807) is 6.33 Å². The van der Waals surface area contributed by atoms with Gasteiger partial charge < -0.3 is 20.5 Å². The predicted octanol–water partition coefficient (Wildman–Crippen LogP) is 2.55. The normalized spacial score (nSPS) is 15.7. The fraction of sp³-hybridized carbons (Fsp3) is 0.400. The summed E-state index contributed by atoms with van der Waals surface area (Å²) in [5.74, 6) is 1.52. The van der Waals surface area contributed by atoms with Crippen molar-refractivity contribution in [2.75, 3.05) is 43.4 Å². The van der Waals surface area contributed by atoms with Gasteiger partial charge in [-0.3, -0.25) is 0 Å². The van der Waals surface area contributed by atoms with Crippen molar-refractivity contribution in [1.82, 2.24) is 14.9 Å². The lowest BCUT2D eigenvalue weighted by molar-refractivity contribution is 0.312. The number of thiophene rings is 1. The van der Waals surface area contributed by atoms with Gasteiger partial charge in [-0.2, -0.15) is 0 Å². The highest BCUT2D eigenvalue weighted by Crippen LogP contribution is 2.25. The van der Waals surface area contributed by atoms with Crippen molar-refractivity contribution >= 4 is 40.8 Å². The van der Waals surface area contributed by atoms with Gasteiger partial charge in [0.2, 0.25) is 0 Å². The number of nitrogens with one attached hydrogen (secondary N) is 2. The number of nitrogens with zero attached hydrogens (tertiary/aromatic N) is 4. The fourth-order valence-electron chi connectivity index (χ4n) is 2.55. The van der Waals surface area contributed by atoms with Gasteiger partial charge in [0.05, 0.1) is 16.4 Å². The first-order valence-electron chi connectivity index (χ1n) is 7.44. The Morgan fingerprint density at radius 1 is 1.30 bits per heavy atom. The number of aromatic nitrogens is 2. The molecule has 0 spiro atoms. The van der Waals surface area contributed by atoms with Crippen LogP contribution < -0.4 is 10.2 Å². The molecule has 0 saturated carbocycles. The molecule has 2 aromatic rings. The van der Waals surface area contributed by atoms with Crippen molar-refractivity contribution in [2.45, 2.75) is 6.54 Å². The van der Waals surface area contributed by atoms with Crippen LogP contribution >= 0.6 is 22.9 Å². The standard InChI is InChI=1S/C15H19ClN6S/c1-21-4-6-22(7-5-21)15-12(8-17)14(19-10-20-15)18-9-11-2-3-13(16)23-11/h2-3,8,10,17H,4-7,9H2,1H3,(H,18,19,20). The summed E-state index contributed by atoms with van der Waals surface area (Å²) < 4.78 is 0.773. The third-order valence-corrected chi connectivity index (χ3v) is 5.10. The zero-order valence-corrected chi connectivity index (χ0v) is 14.5. The topological polar surface area (TPSA) is 68.1 Å². The Hall–Kier alpha value is -1.70. The Balaban J connectivity index is 1.78. The van der Waals surface area contributed by atoms with Gasteiger partial charge in [0.15, 0.2) is 0 Å². The molecule has 1 aliphatic rings. The molecule has 2 aromatic heterocycles. The van der Waals surface area contributed by atoms with E-state index in [9.17, 15) is 0 Å². The first-order chi connectivity index (χ1) is 11.2. The van der Waals surface area contributed by atoms with Crippen LogP contribution in [0.3, 0.4) is 0 Å². The zero-order chi connectivity index (χ0) is 16.2. The van der Waals surface area contributed by atoms with Crippen molar-refractivity contribution in [2.24, 2.45) is 0 Å². The second-order valence-electron chi connectivity index (χ2n) is 5.45. The number of likely N-dealkylation sites (N-methyl/N-ethyl adjacent to an activating group) is 1. The lowest BCUT2D eigenvalue weighted by Gasteiger charge is -2.34. The number of anilines is 2. The van der Waals surface area contributed by atoms with Crippen molar-refractivity contribution in [1.29, 1.82) is 5.41 Å². The van der Waals surface area contributed by atoms with Gasteiger partial charge in [0, 0.05) is 37.3 Å². The first kappa shape index (κ1) is 16.2. The van der Waals surface area contributed by atoms with Gasteiger partial charge in [-0.05, 0) is 19.2 Å². The average Bonchev–Trinajstić information content (AvgIpc) is 2.98. The maximum atomic E-state index is 7.77. The van der Waals surface area contributed by atoms with Gasteiger partial charge in [-0.1, -0.05) is 11.6 Å². The molecule has 6 nitrogen and oxygen atoms in total. The number of piperazine rings is 1. The van der Waals surface area contributed by atoms with Gasteiger partial charge >= 0.3 is 0 Å². The van der Waals surface area contributed by atoms with Crippen LogP contribution in [0.1, 0.15) is 10.4 Å². The third kappa shape index (κ3) is 3.80. The maximum absolute atomic E-state index is 7.77. The van der Waals surface area contributed by atoms with Gasteiger partial charge in [0.25, 0.3) is 0 Å². The third-order valence-electron chi connectivity index (χ3n) is 3.87. The van der Waals surface area contributed by atoms with Crippen LogP contribution in [0, 0.1) is 5.41 Å². The minimum absolute atomic E-state index is 0.636. The SMILES string of the molecule is CN1CCN(c2ncnc(NCc3ccc(Cl)s3)c2C=N)CC1. The smallest absolute Gasteiger partial charge is 0.143 e. The molecule has 2 N–H and O–H groups in total. The molecular weight excluding hydrogens is 332 g/mol. The Kier molecular flexibility index (Phi) is 5.09. The van der Waals surface area contributed by atoms with E-state index in [0.717, 1.165) is 46.8 Å². The summed E-state index contributed by atoms with van der Waals surface area (Å²) in [6.07, 6.45) is 2.89. The van der Waals surface area contributed by atoms with Crippen LogP contribution in [-0.2, 0) is 6.54 Å². The van der Waals surface area contributed by atoms with Crippen LogP contribution in [0.15, 0.2) is 18.5 Å². The van der Waals surface area contributed by atoms with E-state index in [4.69, 9.17) is 17.0 Å². The average molecular weight is 351 g/mol. The quantitative estimate of drug-likeness (QED) is 0.811. The fourth-order valence-corrected chi connectivity index (χ4v) is 3.58. The van der Waals surface area contributed by atoms with Gasteiger partial charge in [-0.15, -0.1) is 11.3 Å². The molecule has 1 fully saturated rings. The number of halogens is 1. The first-order valence-corrected chi connectivity index (χ1v) is 8.64. The lowest BCUT2D eigenvalue weighted by atomic mass is 10.2. The largest absolute Gasteiger partial charge is 0.364 e. The maximum Gasteiger partial charge on any atom is 0.143 e. The minimum Gasteiger partial charge on any atom is -0.364 e. The Bertz CT molecular complexity index is 680. The van der Waals surface area contributed by atoms with Crippen molar-refractivity contribution in [3.8, 4) is 0 Å². The van der Waals surface area contributed by atoms with Gasteiger partial charge in [-0.25, -0.2) is 9.97 Å². The molecule has 0 unspecified atom stereocenters. The molecule has 1 saturated heterocycles. The Morgan fingerprint density at radius 3 is 2.74 bits per heavy atom. The highest BCUT2D eigenvalue weighted by molar-refractivity contribution is 7.16. The van der Waals surface area contributed by atoms with Crippen molar-refractivity contribution in [3.05, 3.63) is 33.2 Å². The van der Waals surface area contributed by atoms with E-state index in [1.165, 1.54) is 17.6 Å². The minimum atomic E-state index is 0.636. The molecule has 0 atom stereocenters. The lowest BCUT2D eigenvalue weighted by Crippen LogP contribution is -2.45. The molecule has 0 amide bonds. The van der Waals surface area contributed by atoms with E-state index < -0.39 is 0 Å². The summed E-state index contributed by atoms with van der Waals surface area (Å²) in [4.78, 5) is 14.3. The summed E-state index contributed by atoms with van der Waals surface area (Å²) >= 11 is 7.50. The van der Waals surface area contributed by atoms with E-state index in [2.05, 4.69) is 32.1 Å². The molecule has 23 heavy (non-hydrogen) atoms. The number of hydrogen-bond acceptors (Lipinski definition) is 7. The van der Waals surface area contributed by atoms with Crippen LogP contribution in [0.2, 0.25) is 4.34 Å². The summed E-state index contributed by atoms with van der Waals surface area (Å²) in [7, 11) is 2.12. The molecule has 3 heterocycles.